The van der Waals surface area contributed by atoms with Crippen molar-refractivity contribution in [3.8, 4) is 0 Å². The van der Waals surface area contributed by atoms with Crippen LogP contribution in [-0.4, -0.2) is 52.5 Å². The molecule has 0 N–H and O–H groups in total. The Morgan fingerprint density at radius 1 is 1.14 bits per heavy atom. The van der Waals surface area contributed by atoms with Crippen LogP contribution in [0.2, 0.25) is 10.2 Å². The van der Waals surface area contributed by atoms with Crippen LogP contribution in [0.3, 0.4) is 0 Å². The lowest BCUT2D eigenvalue weighted by Gasteiger charge is -2.33. The van der Waals surface area contributed by atoms with Crippen molar-refractivity contribution in [1.82, 2.24) is 14.4 Å². The van der Waals surface area contributed by atoms with Crippen LogP contribution < -0.4 is 0 Å². The van der Waals surface area contributed by atoms with Gasteiger partial charge in [-0.3, -0.25) is 4.79 Å². The lowest BCUT2D eigenvalue weighted by Crippen LogP contribution is -2.47. The Kier molecular flexibility index (Phi) is 4.21. The third-order valence-electron chi connectivity index (χ3n) is 4.92. The summed E-state index contributed by atoms with van der Waals surface area (Å²) in [4.78, 5) is 17.3. The van der Waals surface area contributed by atoms with E-state index in [2.05, 4.69) is 11.9 Å². The molecule has 0 saturated carbocycles. The standard InChI is InChI=1S/C15H21Cl2N3O/c1-18-7-3-5-11(18)12-6-4-8-20(12)15(21)13-9-10(16)14(17)19(13)2/h9,11-12H,3-8H2,1-2H3/t11-,12-/m1/s1. The molecule has 0 radical (unpaired) electrons. The Hall–Kier alpha value is -0.710. The lowest BCUT2D eigenvalue weighted by molar-refractivity contribution is 0.0655. The number of nitrogens with zero attached hydrogens (tertiary/aromatic N) is 3. The first-order valence-electron chi connectivity index (χ1n) is 7.52. The maximum Gasteiger partial charge on any atom is 0.270 e. The van der Waals surface area contributed by atoms with Crippen LogP contribution in [-0.2, 0) is 7.05 Å². The van der Waals surface area contributed by atoms with Gasteiger partial charge < -0.3 is 14.4 Å². The third kappa shape index (κ3) is 2.58. The average molecular weight is 330 g/mol. The Morgan fingerprint density at radius 2 is 1.81 bits per heavy atom. The Bertz CT molecular complexity index is 557. The number of hydrogen-bond acceptors (Lipinski definition) is 2. The summed E-state index contributed by atoms with van der Waals surface area (Å²) in [5, 5.41) is 0.866. The molecular weight excluding hydrogens is 309 g/mol. The summed E-state index contributed by atoms with van der Waals surface area (Å²) in [6.45, 7) is 1.96. The zero-order chi connectivity index (χ0) is 15.1. The van der Waals surface area contributed by atoms with Gasteiger partial charge in [-0.1, -0.05) is 23.2 Å². The van der Waals surface area contributed by atoms with Crippen LogP contribution in [0, 0.1) is 0 Å². The molecule has 1 aromatic heterocycles. The molecule has 2 aliphatic heterocycles. The highest BCUT2D eigenvalue weighted by Crippen LogP contribution is 2.32. The molecule has 2 fully saturated rings. The van der Waals surface area contributed by atoms with E-state index in [9.17, 15) is 4.79 Å². The molecule has 0 aromatic carbocycles. The number of likely N-dealkylation sites (tertiary alicyclic amines) is 2. The van der Waals surface area contributed by atoms with Crippen LogP contribution >= 0.6 is 23.2 Å². The molecule has 21 heavy (non-hydrogen) atoms. The molecule has 0 unspecified atom stereocenters. The van der Waals surface area contributed by atoms with Gasteiger partial charge in [-0.15, -0.1) is 0 Å². The van der Waals surface area contributed by atoms with Gasteiger partial charge in [-0.25, -0.2) is 0 Å². The minimum atomic E-state index is 0.0501. The van der Waals surface area contributed by atoms with E-state index in [1.807, 2.05) is 4.90 Å². The van der Waals surface area contributed by atoms with Crippen LogP contribution in [0.25, 0.3) is 0 Å². The molecular formula is C15H21Cl2N3O. The molecule has 3 heterocycles. The molecule has 1 aromatic rings. The zero-order valence-corrected chi connectivity index (χ0v) is 14.0. The predicted octanol–water partition coefficient (Wildman–Crippen LogP) is 3.03. The number of hydrogen-bond donors (Lipinski definition) is 0. The largest absolute Gasteiger partial charge is 0.333 e. The van der Waals surface area contributed by atoms with Gasteiger partial charge in [0.1, 0.15) is 10.8 Å². The zero-order valence-electron chi connectivity index (χ0n) is 12.5. The first-order valence-corrected chi connectivity index (χ1v) is 8.28. The van der Waals surface area contributed by atoms with Crippen molar-refractivity contribution >= 4 is 29.1 Å². The second-order valence-electron chi connectivity index (χ2n) is 6.13. The van der Waals surface area contributed by atoms with Crippen LogP contribution in [0.4, 0.5) is 0 Å². The van der Waals surface area contributed by atoms with Gasteiger partial charge in [0, 0.05) is 25.7 Å². The monoisotopic (exact) mass is 329 g/mol. The predicted molar refractivity (Wildman–Crippen MR) is 85.1 cm³/mol. The van der Waals surface area contributed by atoms with Crippen molar-refractivity contribution in [2.75, 3.05) is 20.1 Å². The van der Waals surface area contributed by atoms with E-state index in [4.69, 9.17) is 23.2 Å². The second-order valence-corrected chi connectivity index (χ2v) is 6.89. The van der Waals surface area contributed by atoms with Gasteiger partial charge in [0.2, 0.25) is 0 Å². The molecule has 116 valence electrons. The molecule has 2 atom stereocenters. The SMILES string of the molecule is CN1CCC[C@@H]1[C@H]1CCCN1C(=O)c1cc(Cl)c(Cl)n1C. The Labute approximate surface area is 135 Å². The lowest BCUT2D eigenvalue weighted by atomic mass is 10.0. The fraction of sp³-hybridized carbons (Fsp3) is 0.667. The summed E-state index contributed by atoms with van der Waals surface area (Å²) in [6.07, 6.45) is 4.57. The van der Waals surface area contributed by atoms with Gasteiger partial charge in [-0.2, -0.15) is 0 Å². The maximum absolute atomic E-state index is 12.9. The number of halogens is 2. The molecule has 0 bridgehead atoms. The van der Waals surface area contributed by atoms with Gasteiger partial charge in [0.25, 0.3) is 5.91 Å². The summed E-state index contributed by atoms with van der Waals surface area (Å²) in [5.74, 6) is 0.0501. The van der Waals surface area contributed by atoms with E-state index in [-0.39, 0.29) is 5.91 Å². The molecule has 4 nitrogen and oxygen atoms in total. The highest BCUT2D eigenvalue weighted by molar-refractivity contribution is 6.41. The number of carbonyl (C=O) groups excluding carboxylic acids is 1. The Morgan fingerprint density at radius 3 is 2.38 bits per heavy atom. The van der Waals surface area contributed by atoms with Crippen molar-refractivity contribution in [2.45, 2.75) is 37.8 Å². The molecule has 1 amide bonds. The molecule has 6 heteroatoms. The van der Waals surface area contributed by atoms with Crippen LogP contribution in [0.1, 0.15) is 36.2 Å². The molecule has 0 aliphatic carbocycles. The third-order valence-corrected chi connectivity index (χ3v) is 5.76. The average Bonchev–Trinajstić information content (AvgIpc) is 3.14. The summed E-state index contributed by atoms with van der Waals surface area (Å²) in [5.41, 5.74) is 0.581. The van der Waals surface area contributed by atoms with Crippen molar-refractivity contribution in [1.29, 1.82) is 0 Å². The number of rotatable bonds is 2. The summed E-state index contributed by atoms with van der Waals surface area (Å²) in [7, 11) is 3.95. The number of aromatic nitrogens is 1. The highest BCUT2D eigenvalue weighted by Gasteiger charge is 2.39. The minimum absolute atomic E-state index is 0.0501. The number of likely N-dealkylation sites (N-methyl/N-ethyl adjacent to an activating group) is 1. The van der Waals surface area contributed by atoms with Crippen LogP contribution in [0.5, 0.6) is 0 Å². The van der Waals surface area contributed by atoms with E-state index in [0.29, 0.717) is 28.0 Å². The fourth-order valence-corrected chi connectivity index (χ4v) is 4.14. The fourth-order valence-electron chi connectivity index (χ4n) is 3.76. The smallest absolute Gasteiger partial charge is 0.270 e. The van der Waals surface area contributed by atoms with Crippen molar-refractivity contribution in [3.63, 3.8) is 0 Å². The summed E-state index contributed by atoms with van der Waals surface area (Å²) < 4.78 is 1.68. The van der Waals surface area contributed by atoms with E-state index < -0.39 is 0 Å². The van der Waals surface area contributed by atoms with Gasteiger partial charge in [0.05, 0.1) is 5.02 Å². The van der Waals surface area contributed by atoms with E-state index in [1.165, 1.54) is 12.8 Å². The van der Waals surface area contributed by atoms with E-state index in [0.717, 1.165) is 25.9 Å². The van der Waals surface area contributed by atoms with E-state index >= 15 is 0 Å². The quantitative estimate of drug-likeness (QED) is 0.834. The molecule has 0 spiro atoms. The molecule has 2 aliphatic rings. The summed E-state index contributed by atoms with van der Waals surface area (Å²) in [6, 6.07) is 2.49. The van der Waals surface area contributed by atoms with E-state index in [1.54, 1.807) is 17.7 Å². The summed E-state index contributed by atoms with van der Waals surface area (Å²) >= 11 is 12.1. The second kappa shape index (κ2) is 5.82. The van der Waals surface area contributed by atoms with Crippen molar-refractivity contribution in [2.24, 2.45) is 7.05 Å². The van der Waals surface area contributed by atoms with Crippen LogP contribution in [0.15, 0.2) is 6.07 Å². The normalized spacial score (nSPS) is 26.8. The first-order chi connectivity index (χ1) is 10.0. The topological polar surface area (TPSA) is 28.5 Å². The Balaban J connectivity index is 1.84. The minimum Gasteiger partial charge on any atom is -0.333 e. The number of carbonyl (C=O) groups is 1. The van der Waals surface area contributed by atoms with Gasteiger partial charge in [-0.05, 0) is 45.3 Å². The maximum atomic E-state index is 12.9. The molecule has 2 saturated heterocycles. The van der Waals surface area contributed by atoms with Gasteiger partial charge in [0.15, 0.2) is 0 Å². The van der Waals surface area contributed by atoms with Crippen molar-refractivity contribution in [3.05, 3.63) is 21.9 Å². The highest BCUT2D eigenvalue weighted by atomic mass is 35.5. The first kappa shape index (κ1) is 15.2. The molecule has 3 rings (SSSR count). The number of amides is 1. The van der Waals surface area contributed by atoms with Gasteiger partial charge >= 0.3 is 0 Å². The van der Waals surface area contributed by atoms with Crippen molar-refractivity contribution < 1.29 is 4.79 Å².